The van der Waals surface area contributed by atoms with Crippen LogP contribution in [0.15, 0.2) is 54.3 Å². The van der Waals surface area contributed by atoms with Gasteiger partial charge in [-0.2, -0.15) is 0 Å². The molecule has 2 aromatic carbocycles. The van der Waals surface area contributed by atoms with E-state index in [2.05, 4.69) is 76.2 Å². The van der Waals surface area contributed by atoms with Crippen LogP contribution in [0.2, 0.25) is 0 Å². The Balaban J connectivity index is 0.000000401. The summed E-state index contributed by atoms with van der Waals surface area (Å²) in [4.78, 5) is 16.6. The molecule has 0 amide bonds. The molecule has 4 heteroatoms. The van der Waals surface area contributed by atoms with Crippen LogP contribution >= 0.6 is 0 Å². The van der Waals surface area contributed by atoms with Crippen molar-refractivity contribution in [3.8, 4) is 11.3 Å². The van der Waals surface area contributed by atoms with Crippen molar-refractivity contribution in [2.45, 2.75) is 87.5 Å². The number of fused-ring (bicyclic) bond motifs is 1. The third-order valence-electron chi connectivity index (χ3n) is 6.96. The van der Waals surface area contributed by atoms with Crippen LogP contribution in [0, 0.1) is 37.7 Å². The van der Waals surface area contributed by atoms with Gasteiger partial charge in [-0.15, -0.1) is 34.9 Å². The standard InChI is InChI=1S/C21H22N.C13H24O2.Ir/c1-14(2)10-17-6-5-7-21-19(17)8-9-20(22-21)18-12-15(3)11-16(4)13-18;1-5-10(6-2)12(14)9-13(15)11(7-3)8-4;/h5-9,11-12,14H,10H2,1-4H3;9-11,14H,5-8H2,1-4H3;/q-1;;. The van der Waals surface area contributed by atoms with E-state index in [-0.39, 0.29) is 43.5 Å². The second kappa shape index (κ2) is 16.6. The van der Waals surface area contributed by atoms with Gasteiger partial charge >= 0.3 is 0 Å². The number of carbonyl (C=O) groups excluding carboxylic acids is 1. The molecule has 0 bridgehead atoms. The molecule has 209 valence electrons. The van der Waals surface area contributed by atoms with Gasteiger partial charge in [0.05, 0.1) is 11.3 Å². The summed E-state index contributed by atoms with van der Waals surface area (Å²) in [5.41, 5.74) is 6.95. The molecule has 0 aliphatic rings. The van der Waals surface area contributed by atoms with Gasteiger partial charge in [0.2, 0.25) is 0 Å². The van der Waals surface area contributed by atoms with Crippen molar-refractivity contribution in [1.29, 1.82) is 0 Å². The number of aryl methyl sites for hydroxylation is 2. The molecule has 38 heavy (non-hydrogen) atoms. The van der Waals surface area contributed by atoms with Crippen LogP contribution in [-0.4, -0.2) is 15.9 Å². The van der Waals surface area contributed by atoms with Crippen LogP contribution in [0.25, 0.3) is 22.2 Å². The predicted molar refractivity (Wildman–Crippen MR) is 158 cm³/mol. The third kappa shape index (κ3) is 9.79. The van der Waals surface area contributed by atoms with Gasteiger partial charge in [-0.1, -0.05) is 79.7 Å². The molecule has 3 nitrogen and oxygen atoms in total. The van der Waals surface area contributed by atoms with Crippen LogP contribution in [0.3, 0.4) is 0 Å². The van der Waals surface area contributed by atoms with Crippen molar-refractivity contribution in [3.05, 3.63) is 77.1 Å². The van der Waals surface area contributed by atoms with E-state index in [1.807, 2.05) is 27.7 Å². The number of aliphatic hydroxyl groups excluding tert-OH is 1. The first-order valence-electron chi connectivity index (χ1n) is 14.0. The van der Waals surface area contributed by atoms with Crippen molar-refractivity contribution >= 4 is 16.7 Å². The second-order valence-corrected chi connectivity index (χ2v) is 10.5. The van der Waals surface area contributed by atoms with Crippen molar-refractivity contribution < 1.29 is 30.0 Å². The number of pyridine rings is 1. The molecule has 1 aromatic heterocycles. The molecule has 0 spiro atoms. The van der Waals surface area contributed by atoms with Crippen molar-refractivity contribution in [2.75, 3.05) is 0 Å². The maximum Gasteiger partial charge on any atom is 0.162 e. The van der Waals surface area contributed by atoms with Crippen LogP contribution in [-0.2, 0) is 31.3 Å². The number of allylic oxidation sites excluding steroid dienone is 2. The number of hydrogen-bond acceptors (Lipinski definition) is 3. The molecular formula is C34H46IrNO2-. The fourth-order valence-electron chi connectivity index (χ4n) is 4.80. The summed E-state index contributed by atoms with van der Waals surface area (Å²) in [6.07, 6.45) is 6.00. The summed E-state index contributed by atoms with van der Waals surface area (Å²) >= 11 is 0. The average molecular weight is 693 g/mol. The van der Waals surface area contributed by atoms with Gasteiger partial charge in [0.25, 0.3) is 0 Å². The van der Waals surface area contributed by atoms with E-state index in [1.165, 1.54) is 22.6 Å². The zero-order chi connectivity index (χ0) is 27.5. The van der Waals surface area contributed by atoms with Gasteiger partial charge in [0.1, 0.15) is 0 Å². The molecule has 1 heterocycles. The maximum absolute atomic E-state index is 11.7. The minimum atomic E-state index is 0. The van der Waals surface area contributed by atoms with Crippen molar-refractivity contribution in [3.63, 3.8) is 0 Å². The SMILES string of the molecule is CCC(CC)C(=O)C=C(O)C(CC)CC.Cc1[c-]c(-c2ccc3c(CC(C)C)cccc3n2)cc(C)c1.[Ir]. The smallest absolute Gasteiger partial charge is 0.162 e. The van der Waals surface area contributed by atoms with Gasteiger partial charge in [0.15, 0.2) is 5.78 Å². The number of benzene rings is 2. The van der Waals surface area contributed by atoms with Crippen molar-refractivity contribution in [2.24, 2.45) is 17.8 Å². The van der Waals surface area contributed by atoms with Crippen LogP contribution in [0.4, 0.5) is 0 Å². The number of ketones is 1. The molecule has 0 atom stereocenters. The number of aromatic nitrogens is 1. The quantitative estimate of drug-likeness (QED) is 0.131. The molecule has 0 aliphatic heterocycles. The van der Waals surface area contributed by atoms with Crippen LogP contribution in [0.1, 0.15) is 83.9 Å². The Morgan fingerprint density at radius 2 is 1.58 bits per heavy atom. The second-order valence-electron chi connectivity index (χ2n) is 10.5. The average Bonchev–Trinajstić information content (AvgIpc) is 2.85. The summed E-state index contributed by atoms with van der Waals surface area (Å²) < 4.78 is 0. The van der Waals surface area contributed by atoms with E-state index >= 15 is 0 Å². The van der Waals surface area contributed by atoms with E-state index < -0.39 is 0 Å². The molecule has 3 rings (SSSR count). The Bertz CT molecular complexity index is 1170. The monoisotopic (exact) mass is 693 g/mol. The number of rotatable bonds is 10. The van der Waals surface area contributed by atoms with Crippen LogP contribution in [0.5, 0.6) is 0 Å². The topological polar surface area (TPSA) is 50.2 Å². The first-order valence-corrected chi connectivity index (χ1v) is 14.0. The maximum atomic E-state index is 11.7. The van der Waals surface area contributed by atoms with Gasteiger partial charge < -0.3 is 5.11 Å². The fourth-order valence-corrected chi connectivity index (χ4v) is 4.80. The van der Waals surface area contributed by atoms with Gasteiger partial charge in [0, 0.05) is 43.4 Å². The van der Waals surface area contributed by atoms with Crippen LogP contribution < -0.4 is 0 Å². The van der Waals surface area contributed by atoms with E-state index in [4.69, 9.17) is 4.98 Å². The van der Waals surface area contributed by atoms with E-state index in [0.29, 0.717) is 5.92 Å². The van der Waals surface area contributed by atoms with E-state index in [0.717, 1.165) is 54.4 Å². The van der Waals surface area contributed by atoms with Gasteiger partial charge in [-0.3, -0.25) is 9.78 Å². The number of aliphatic hydroxyl groups is 1. The Kier molecular flexibility index (Phi) is 14.8. The Hall–Kier alpha value is -2.29. The molecule has 1 N–H and O–H groups in total. The minimum absolute atomic E-state index is 0. The van der Waals surface area contributed by atoms with Gasteiger partial charge in [-0.25, -0.2) is 0 Å². The summed E-state index contributed by atoms with van der Waals surface area (Å²) in [6, 6.07) is 18.5. The third-order valence-corrected chi connectivity index (χ3v) is 6.96. The van der Waals surface area contributed by atoms with Crippen molar-refractivity contribution in [1.82, 2.24) is 4.98 Å². The molecule has 0 unspecified atom stereocenters. The molecule has 0 saturated heterocycles. The summed E-state index contributed by atoms with van der Waals surface area (Å²) in [7, 11) is 0. The first-order chi connectivity index (χ1) is 17.6. The summed E-state index contributed by atoms with van der Waals surface area (Å²) in [5, 5.41) is 11.0. The fraction of sp³-hybridized carbons (Fsp3) is 0.471. The summed E-state index contributed by atoms with van der Waals surface area (Å²) in [5.74, 6) is 1.20. The molecular weight excluding hydrogens is 647 g/mol. The molecule has 0 saturated carbocycles. The first kappa shape index (κ1) is 33.7. The number of hydrogen-bond donors (Lipinski definition) is 1. The Morgan fingerprint density at radius 1 is 0.947 bits per heavy atom. The molecule has 1 radical (unpaired) electrons. The van der Waals surface area contributed by atoms with Gasteiger partial charge in [-0.05, 0) is 55.3 Å². The number of carbonyl (C=O) groups is 1. The summed E-state index contributed by atoms with van der Waals surface area (Å²) in [6.45, 7) is 16.8. The zero-order valence-electron chi connectivity index (χ0n) is 24.5. The Morgan fingerprint density at radius 3 is 2.13 bits per heavy atom. The zero-order valence-corrected chi connectivity index (χ0v) is 26.9. The number of nitrogens with zero attached hydrogens (tertiary/aromatic N) is 1. The molecule has 0 fully saturated rings. The molecule has 3 aromatic rings. The van der Waals surface area contributed by atoms with E-state index in [9.17, 15) is 9.90 Å². The largest absolute Gasteiger partial charge is 0.512 e. The Labute approximate surface area is 244 Å². The molecule has 0 aliphatic carbocycles. The van der Waals surface area contributed by atoms with E-state index in [1.54, 1.807) is 0 Å². The minimum Gasteiger partial charge on any atom is -0.512 e. The normalized spacial score (nSPS) is 11.5. The predicted octanol–water partition coefficient (Wildman–Crippen LogP) is 9.38.